The molecule has 0 atom stereocenters. The predicted octanol–water partition coefficient (Wildman–Crippen LogP) is 1.57. The average molecular weight is 203 g/mol. The lowest BCUT2D eigenvalue weighted by molar-refractivity contribution is -0.117. The summed E-state index contributed by atoms with van der Waals surface area (Å²) in [6, 6.07) is 3.60. The highest BCUT2D eigenvalue weighted by atomic mass is 16.5. The van der Waals surface area contributed by atoms with E-state index in [0.29, 0.717) is 11.5 Å². The molecule has 1 fully saturated rings. The number of anilines is 1. The standard InChI is InChI=1S/C10H9N3O2/c14-9(6-3-4-6)12-8-7-2-1-5-11-10(7)15-13-8/h1-2,5-6H,3-4H2,(H,12,13,14). The topological polar surface area (TPSA) is 68.0 Å². The van der Waals surface area contributed by atoms with Crippen molar-refractivity contribution < 1.29 is 9.32 Å². The monoisotopic (exact) mass is 203 g/mol. The Morgan fingerprint density at radius 2 is 2.40 bits per heavy atom. The number of carbonyl (C=O) groups is 1. The Kier molecular flexibility index (Phi) is 1.71. The van der Waals surface area contributed by atoms with E-state index in [9.17, 15) is 4.79 Å². The average Bonchev–Trinajstić information content (AvgIpc) is 3.03. The van der Waals surface area contributed by atoms with Crippen molar-refractivity contribution in [3.8, 4) is 0 Å². The first-order chi connectivity index (χ1) is 7.34. The Morgan fingerprint density at radius 3 is 3.20 bits per heavy atom. The van der Waals surface area contributed by atoms with Crippen molar-refractivity contribution in [3.05, 3.63) is 18.3 Å². The van der Waals surface area contributed by atoms with E-state index in [4.69, 9.17) is 4.52 Å². The van der Waals surface area contributed by atoms with Crippen molar-refractivity contribution in [2.24, 2.45) is 5.92 Å². The summed E-state index contributed by atoms with van der Waals surface area (Å²) in [5, 5.41) is 7.26. The second-order valence-corrected chi connectivity index (χ2v) is 3.65. The maximum absolute atomic E-state index is 11.5. The molecule has 0 bridgehead atoms. The van der Waals surface area contributed by atoms with Crippen LogP contribution in [0.2, 0.25) is 0 Å². The molecule has 5 nitrogen and oxygen atoms in total. The largest absolute Gasteiger partial charge is 0.334 e. The summed E-state index contributed by atoms with van der Waals surface area (Å²) in [6.45, 7) is 0. The molecular weight excluding hydrogens is 194 g/mol. The molecule has 15 heavy (non-hydrogen) atoms. The Labute approximate surface area is 85.5 Å². The maximum atomic E-state index is 11.5. The van der Waals surface area contributed by atoms with Crippen LogP contribution >= 0.6 is 0 Å². The van der Waals surface area contributed by atoms with Gasteiger partial charge >= 0.3 is 0 Å². The Hall–Kier alpha value is -1.91. The molecule has 1 aliphatic rings. The fourth-order valence-electron chi connectivity index (χ4n) is 1.44. The number of nitrogens with zero attached hydrogens (tertiary/aromatic N) is 2. The van der Waals surface area contributed by atoms with Gasteiger partial charge in [0.1, 0.15) is 0 Å². The fourth-order valence-corrected chi connectivity index (χ4v) is 1.44. The zero-order valence-electron chi connectivity index (χ0n) is 7.93. The summed E-state index contributed by atoms with van der Waals surface area (Å²) >= 11 is 0. The summed E-state index contributed by atoms with van der Waals surface area (Å²) in [6.07, 6.45) is 3.57. The molecule has 0 radical (unpaired) electrons. The number of carbonyl (C=O) groups excluding carboxylic acids is 1. The molecule has 0 saturated heterocycles. The number of aromatic nitrogens is 2. The highest BCUT2D eigenvalue weighted by Gasteiger charge is 2.30. The van der Waals surface area contributed by atoms with Crippen LogP contribution in [0.15, 0.2) is 22.9 Å². The van der Waals surface area contributed by atoms with E-state index < -0.39 is 0 Å². The molecule has 1 aliphatic carbocycles. The van der Waals surface area contributed by atoms with Gasteiger partial charge in [0, 0.05) is 12.1 Å². The van der Waals surface area contributed by atoms with Crippen LogP contribution < -0.4 is 5.32 Å². The molecule has 2 aromatic heterocycles. The number of hydrogen-bond donors (Lipinski definition) is 1. The van der Waals surface area contributed by atoms with Gasteiger partial charge in [-0.1, -0.05) is 5.16 Å². The minimum absolute atomic E-state index is 0.0223. The first-order valence-electron chi connectivity index (χ1n) is 4.86. The first kappa shape index (κ1) is 8.40. The molecule has 2 heterocycles. The fraction of sp³-hybridized carbons (Fsp3) is 0.300. The van der Waals surface area contributed by atoms with Crippen LogP contribution in [-0.2, 0) is 4.79 Å². The van der Waals surface area contributed by atoms with Gasteiger partial charge in [0.05, 0.1) is 5.39 Å². The molecule has 76 valence electrons. The highest BCUT2D eigenvalue weighted by molar-refractivity contribution is 5.99. The van der Waals surface area contributed by atoms with Crippen LogP contribution in [0.5, 0.6) is 0 Å². The summed E-state index contributed by atoms with van der Waals surface area (Å²) < 4.78 is 4.97. The molecular formula is C10H9N3O2. The van der Waals surface area contributed by atoms with E-state index >= 15 is 0 Å². The van der Waals surface area contributed by atoms with Gasteiger partial charge in [0.25, 0.3) is 5.71 Å². The molecule has 0 aliphatic heterocycles. The minimum atomic E-state index is 0.0223. The molecule has 1 saturated carbocycles. The summed E-state index contributed by atoms with van der Waals surface area (Å²) in [7, 11) is 0. The van der Waals surface area contributed by atoms with Gasteiger partial charge in [0.2, 0.25) is 5.91 Å². The maximum Gasteiger partial charge on any atom is 0.259 e. The SMILES string of the molecule is O=C(Nc1noc2ncccc12)C1CC1. The number of rotatable bonds is 2. The molecule has 0 spiro atoms. The van der Waals surface area contributed by atoms with Gasteiger partial charge in [-0.05, 0) is 25.0 Å². The van der Waals surface area contributed by atoms with Gasteiger partial charge in [-0.15, -0.1) is 0 Å². The predicted molar refractivity (Wildman–Crippen MR) is 53.2 cm³/mol. The summed E-state index contributed by atoms with van der Waals surface area (Å²) in [4.78, 5) is 15.5. The van der Waals surface area contributed by atoms with Crippen LogP contribution in [0, 0.1) is 5.92 Å². The normalized spacial score (nSPS) is 15.5. The van der Waals surface area contributed by atoms with Crippen molar-refractivity contribution >= 4 is 22.8 Å². The van der Waals surface area contributed by atoms with Crippen LogP contribution in [0.3, 0.4) is 0 Å². The molecule has 0 aromatic carbocycles. The molecule has 0 unspecified atom stereocenters. The van der Waals surface area contributed by atoms with Crippen LogP contribution in [-0.4, -0.2) is 16.0 Å². The number of hydrogen-bond acceptors (Lipinski definition) is 4. The molecule has 2 aromatic rings. The minimum Gasteiger partial charge on any atom is -0.334 e. The molecule has 5 heteroatoms. The lowest BCUT2D eigenvalue weighted by atomic mass is 10.3. The Balaban J connectivity index is 1.93. The summed E-state index contributed by atoms with van der Waals surface area (Å²) in [5.41, 5.74) is 0.448. The third kappa shape index (κ3) is 1.45. The van der Waals surface area contributed by atoms with Gasteiger partial charge in [-0.2, -0.15) is 0 Å². The van der Waals surface area contributed by atoms with E-state index in [1.165, 1.54) is 0 Å². The quantitative estimate of drug-likeness (QED) is 0.804. The van der Waals surface area contributed by atoms with Gasteiger partial charge in [-0.25, -0.2) is 4.98 Å². The number of nitrogens with one attached hydrogen (secondary N) is 1. The summed E-state index contributed by atoms with van der Waals surface area (Å²) in [5.74, 6) is 0.650. The first-order valence-corrected chi connectivity index (χ1v) is 4.86. The number of amides is 1. The number of pyridine rings is 1. The van der Waals surface area contributed by atoms with E-state index in [2.05, 4.69) is 15.5 Å². The van der Waals surface area contributed by atoms with Gasteiger partial charge < -0.3 is 9.84 Å². The third-order valence-corrected chi connectivity index (χ3v) is 2.44. The smallest absolute Gasteiger partial charge is 0.259 e. The van der Waals surface area contributed by atoms with Crippen molar-refractivity contribution in [2.45, 2.75) is 12.8 Å². The number of fused-ring (bicyclic) bond motifs is 1. The van der Waals surface area contributed by atoms with Crippen molar-refractivity contribution in [2.75, 3.05) is 5.32 Å². The second kappa shape index (κ2) is 3.05. The lowest BCUT2D eigenvalue weighted by Crippen LogP contribution is -2.13. The van der Waals surface area contributed by atoms with Crippen molar-refractivity contribution in [1.82, 2.24) is 10.1 Å². The van der Waals surface area contributed by atoms with E-state index in [0.717, 1.165) is 18.2 Å². The van der Waals surface area contributed by atoms with Crippen LogP contribution in [0.25, 0.3) is 11.1 Å². The van der Waals surface area contributed by atoms with E-state index in [1.807, 2.05) is 6.07 Å². The zero-order valence-corrected chi connectivity index (χ0v) is 7.93. The molecule has 3 rings (SSSR count). The zero-order chi connectivity index (χ0) is 10.3. The van der Waals surface area contributed by atoms with Gasteiger partial charge in [-0.3, -0.25) is 4.79 Å². The Morgan fingerprint density at radius 1 is 1.53 bits per heavy atom. The van der Waals surface area contributed by atoms with Crippen LogP contribution in [0.4, 0.5) is 5.82 Å². The third-order valence-electron chi connectivity index (χ3n) is 2.44. The van der Waals surface area contributed by atoms with Gasteiger partial charge in [0.15, 0.2) is 5.82 Å². The second-order valence-electron chi connectivity index (χ2n) is 3.65. The lowest BCUT2D eigenvalue weighted by Gasteiger charge is -1.97. The van der Waals surface area contributed by atoms with E-state index in [-0.39, 0.29) is 11.8 Å². The van der Waals surface area contributed by atoms with Crippen molar-refractivity contribution in [1.29, 1.82) is 0 Å². The van der Waals surface area contributed by atoms with Crippen LogP contribution in [0.1, 0.15) is 12.8 Å². The Bertz CT molecular complexity index is 516. The highest BCUT2D eigenvalue weighted by Crippen LogP contribution is 2.31. The molecule has 1 amide bonds. The van der Waals surface area contributed by atoms with E-state index in [1.54, 1.807) is 12.3 Å². The molecule has 1 N–H and O–H groups in total. The van der Waals surface area contributed by atoms with Crippen molar-refractivity contribution in [3.63, 3.8) is 0 Å².